The second-order valence-electron chi connectivity index (χ2n) is 3.69. The summed E-state index contributed by atoms with van der Waals surface area (Å²) in [5.74, 6) is 0.196. The van der Waals surface area contributed by atoms with Gasteiger partial charge >= 0.3 is 5.97 Å². The van der Waals surface area contributed by atoms with E-state index in [1.807, 2.05) is 0 Å². The molecule has 0 aromatic carbocycles. The summed E-state index contributed by atoms with van der Waals surface area (Å²) in [5.41, 5.74) is 0. The predicted molar refractivity (Wildman–Crippen MR) is 47.7 cm³/mol. The summed E-state index contributed by atoms with van der Waals surface area (Å²) in [4.78, 5) is 10.7. The van der Waals surface area contributed by atoms with Crippen molar-refractivity contribution in [3.8, 4) is 0 Å². The molecule has 3 nitrogen and oxygen atoms in total. The third-order valence-corrected chi connectivity index (χ3v) is 2.79. The lowest BCUT2D eigenvalue weighted by atomic mass is 9.86. The fraction of sp³-hybridized carbons (Fsp3) is 0.900. The molecule has 0 atom stereocenters. The predicted octanol–water partition coefficient (Wildman–Crippen LogP) is 1.93. The Kier molecular flexibility index (Phi) is 4.22. The van der Waals surface area contributed by atoms with Crippen LogP contribution in [0.4, 0.5) is 0 Å². The van der Waals surface area contributed by atoms with Gasteiger partial charge in [-0.25, -0.2) is 9.90 Å². The summed E-state index contributed by atoms with van der Waals surface area (Å²) < 4.78 is 4.98. The molecule has 13 heavy (non-hydrogen) atoms. The quantitative estimate of drug-likeness (QED) is 0.631. The Bertz CT molecular complexity index is 160. The minimum Gasteiger partial charge on any atom is -0.461 e. The second kappa shape index (κ2) is 5.22. The van der Waals surface area contributed by atoms with Crippen LogP contribution >= 0.6 is 0 Å². The summed E-state index contributed by atoms with van der Waals surface area (Å²) in [6.45, 7) is 1.45. The fourth-order valence-corrected chi connectivity index (χ4v) is 1.88. The number of hydrogen-bond donors (Lipinski definition) is 0. The standard InChI is InChI=1S/C10H17O3/c1-2-8-3-5-9(6-4-8)13-10(12)7-11/h8-9H,2-7H2,1H3. The van der Waals surface area contributed by atoms with Crippen LogP contribution in [0.3, 0.4) is 0 Å². The molecule has 0 aromatic heterocycles. The summed E-state index contributed by atoms with van der Waals surface area (Å²) in [5, 5.41) is 10.1. The molecule has 0 unspecified atom stereocenters. The SMILES string of the molecule is CCC1CCC(OC(=O)C[O])CC1. The van der Waals surface area contributed by atoms with E-state index >= 15 is 0 Å². The van der Waals surface area contributed by atoms with E-state index in [1.54, 1.807) is 0 Å². The van der Waals surface area contributed by atoms with Crippen LogP contribution in [0.25, 0.3) is 0 Å². The molecule has 1 rings (SSSR count). The average molecular weight is 185 g/mol. The van der Waals surface area contributed by atoms with Crippen LogP contribution in [0.15, 0.2) is 0 Å². The largest absolute Gasteiger partial charge is 0.461 e. The van der Waals surface area contributed by atoms with Crippen LogP contribution in [0.5, 0.6) is 0 Å². The van der Waals surface area contributed by atoms with Crippen LogP contribution in [-0.4, -0.2) is 18.7 Å². The maximum absolute atomic E-state index is 10.7. The van der Waals surface area contributed by atoms with Crippen LogP contribution in [0, 0.1) is 5.92 Å². The van der Waals surface area contributed by atoms with Crippen LogP contribution in [-0.2, 0) is 14.6 Å². The van der Waals surface area contributed by atoms with E-state index in [2.05, 4.69) is 6.92 Å². The van der Waals surface area contributed by atoms with Crippen molar-refractivity contribution in [3.05, 3.63) is 0 Å². The number of ether oxygens (including phenoxy) is 1. The molecule has 0 bridgehead atoms. The molecule has 1 saturated carbocycles. The second-order valence-corrected chi connectivity index (χ2v) is 3.69. The molecule has 1 radical (unpaired) electrons. The molecule has 0 N–H and O–H groups in total. The number of carbonyl (C=O) groups is 1. The van der Waals surface area contributed by atoms with Gasteiger partial charge in [-0.2, -0.15) is 0 Å². The van der Waals surface area contributed by atoms with Crippen molar-refractivity contribution in [2.45, 2.75) is 45.1 Å². The van der Waals surface area contributed by atoms with Crippen LogP contribution in [0.2, 0.25) is 0 Å². The minimum atomic E-state index is -0.742. The number of carbonyl (C=O) groups excluding carboxylic acids is 1. The number of rotatable bonds is 3. The first-order valence-corrected chi connectivity index (χ1v) is 5.03. The molecule has 0 aromatic rings. The first kappa shape index (κ1) is 10.5. The topological polar surface area (TPSA) is 46.2 Å². The van der Waals surface area contributed by atoms with E-state index in [0.29, 0.717) is 0 Å². The Labute approximate surface area is 79.1 Å². The lowest BCUT2D eigenvalue weighted by Gasteiger charge is -2.27. The first-order chi connectivity index (χ1) is 6.26. The molecular formula is C10H17O3. The monoisotopic (exact) mass is 185 g/mol. The minimum absolute atomic E-state index is 0.0178. The third kappa shape index (κ3) is 3.35. The number of hydrogen-bond acceptors (Lipinski definition) is 2. The average Bonchev–Trinajstić information content (AvgIpc) is 2.19. The third-order valence-electron chi connectivity index (χ3n) is 2.79. The van der Waals surface area contributed by atoms with E-state index in [1.165, 1.54) is 6.42 Å². The van der Waals surface area contributed by atoms with E-state index < -0.39 is 12.6 Å². The van der Waals surface area contributed by atoms with Gasteiger partial charge in [0, 0.05) is 0 Å². The van der Waals surface area contributed by atoms with Crippen molar-refractivity contribution in [3.63, 3.8) is 0 Å². The van der Waals surface area contributed by atoms with Gasteiger partial charge in [0.15, 0.2) is 6.61 Å². The van der Waals surface area contributed by atoms with E-state index in [9.17, 15) is 9.90 Å². The van der Waals surface area contributed by atoms with Crippen molar-refractivity contribution in [2.75, 3.05) is 6.61 Å². The molecule has 0 saturated heterocycles. The summed E-state index contributed by atoms with van der Waals surface area (Å²) in [6, 6.07) is 0. The fourth-order valence-electron chi connectivity index (χ4n) is 1.88. The molecular weight excluding hydrogens is 168 g/mol. The zero-order chi connectivity index (χ0) is 9.68. The Balaban J connectivity index is 2.21. The van der Waals surface area contributed by atoms with Gasteiger partial charge in [0.05, 0.1) is 0 Å². The Hall–Kier alpha value is -0.570. The maximum atomic E-state index is 10.7. The molecule has 1 aliphatic carbocycles. The van der Waals surface area contributed by atoms with Gasteiger partial charge in [-0.3, -0.25) is 0 Å². The first-order valence-electron chi connectivity index (χ1n) is 5.03. The molecule has 0 heterocycles. The Morgan fingerprint density at radius 3 is 2.38 bits per heavy atom. The number of esters is 1. The lowest BCUT2D eigenvalue weighted by molar-refractivity contribution is -0.156. The van der Waals surface area contributed by atoms with Crippen molar-refractivity contribution in [2.24, 2.45) is 5.92 Å². The van der Waals surface area contributed by atoms with Crippen LogP contribution < -0.4 is 0 Å². The zero-order valence-electron chi connectivity index (χ0n) is 8.12. The highest BCUT2D eigenvalue weighted by atomic mass is 16.6. The lowest BCUT2D eigenvalue weighted by Crippen LogP contribution is -2.25. The van der Waals surface area contributed by atoms with Crippen LogP contribution in [0.1, 0.15) is 39.0 Å². The van der Waals surface area contributed by atoms with Gasteiger partial charge in [-0.15, -0.1) is 0 Å². The molecule has 0 spiro atoms. The maximum Gasteiger partial charge on any atom is 0.335 e. The van der Waals surface area contributed by atoms with Gasteiger partial charge < -0.3 is 4.74 Å². The normalized spacial score (nSPS) is 28.5. The molecule has 0 aliphatic heterocycles. The van der Waals surface area contributed by atoms with Gasteiger partial charge in [0.25, 0.3) is 0 Å². The van der Waals surface area contributed by atoms with Gasteiger partial charge in [0.1, 0.15) is 6.10 Å². The molecule has 1 fully saturated rings. The van der Waals surface area contributed by atoms with E-state index in [-0.39, 0.29) is 6.10 Å². The van der Waals surface area contributed by atoms with Gasteiger partial charge in [-0.05, 0) is 31.6 Å². The Morgan fingerprint density at radius 1 is 1.31 bits per heavy atom. The highest BCUT2D eigenvalue weighted by molar-refractivity contribution is 5.70. The summed E-state index contributed by atoms with van der Waals surface area (Å²) in [7, 11) is 0. The van der Waals surface area contributed by atoms with Gasteiger partial charge in [0.2, 0.25) is 0 Å². The van der Waals surface area contributed by atoms with Crippen molar-refractivity contribution in [1.82, 2.24) is 0 Å². The molecule has 3 heteroatoms. The molecule has 1 aliphatic rings. The zero-order valence-corrected chi connectivity index (χ0v) is 8.12. The molecule has 0 amide bonds. The van der Waals surface area contributed by atoms with Crippen molar-refractivity contribution >= 4 is 5.97 Å². The van der Waals surface area contributed by atoms with E-state index in [0.717, 1.165) is 31.6 Å². The Morgan fingerprint density at radius 2 is 1.92 bits per heavy atom. The van der Waals surface area contributed by atoms with Gasteiger partial charge in [-0.1, -0.05) is 13.3 Å². The van der Waals surface area contributed by atoms with Crippen molar-refractivity contribution in [1.29, 1.82) is 0 Å². The highest BCUT2D eigenvalue weighted by Gasteiger charge is 2.22. The highest BCUT2D eigenvalue weighted by Crippen LogP contribution is 2.28. The molecule has 75 valence electrons. The summed E-state index contributed by atoms with van der Waals surface area (Å²) >= 11 is 0. The summed E-state index contributed by atoms with van der Waals surface area (Å²) in [6.07, 6.45) is 5.36. The smallest absolute Gasteiger partial charge is 0.335 e. The van der Waals surface area contributed by atoms with E-state index in [4.69, 9.17) is 4.74 Å². The van der Waals surface area contributed by atoms with Crippen molar-refractivity contribution < 1.29 is 14.6 Å².